The number of hydrogen-bond donors (Lipinski definition) is 0. The maximum atomic E-state index is 4.93. The normalized spacial score (nSPS) is 11.0. The van der Waals surface area contributed by atoms with Gasteiger partial charge in [-0.25, -0.2) is 0 Å². The molecule has 0 spiro atoms. The zero-order valence-electron chi connectivity index (χ0n) is 24.1. The number of benzene rings is 5. The Bertz CT molecular complexity index is 1730. The quantitative estimate of drug-likeness (QED) is 0.128. The summed E-state index contributed by atoms with van der Waals surface area (Å²) in [6.45, 7) is 6.62. The average Bonchev–Trinajstić information content (AvgIpc) is 3.58. The van der Waals surface area contributed by atoms with Crippen LogP contribution in [0.2, 0.25) is 0 Å². The summed E-state index contributed by atoms with van der Waals surface area (Å²) in [6.07, 6.45) is 2.32. The molecule has 0 amide bonds. The van der Waals surface area contributed by atoms with Gasteiger partial charge in [0.15, 0.2) is 0 Å². The van der Waals surface area contributed by atoms with Gasteiger partial charge in [0, 0.05) is 0 Å². The molecular weight excluding hydrogens is 647 g/mol. The third-order valence-electron chi connectivity index (χ3n) is 7.42. The zero-order valence-corrected chi connectivity index (χ0v) is 29.1. The van der Waals surface area contributed by atoms with E-state index in [2.05, 4.69) is 136 Å². The molecule has 4 heteroatoms. The van der Waals surface area contributed by atoms with Gasteiger partial charge in [0.05, 0.1) is 9.52 Å². The van der Waals surface area contributed by atoms with E-state index in [1.165, 1.54) is 77.6 Å². The Balaban J connectivity index is 0.000000183. The van der Waals surface area contributed by atoms with Gasteiger partial charge in [-0.1, -0.05) is 120 Å². The van der Waals surface area contributed by atoms with E-state index < -0.39 is 20.8 Å². The summed E-state index contributed by atoms with van der Waals surface area (Å²) in [6, 6.07) is 45.1. The van der Waals surface area contributed by atoms with Crippen LogP contribution >= 0.6 is 17.0 Å². The molecule has 0 fully saturated rings. The molecule has 1 heterocycles. The SMILES string of the molecule is CCCc1cc2c(-c3cc(C)cc(C)c3)c(-c3ccccc3)ccc2[cH-]1.[Cl][Zr+2][Cl].[c-]1cccc2c1[Si]c1ccccc1-2. The van der Waals surface area contributed by atoms with E-state index in [1.54, 1.807) is 0 Å². The summed E-state index contributed by atoms with van der Waals surface area (Å²) in [4.78, 5) is 0. The molecule has 1 aliphatic rings. The van der Waals surface area contributed by atoms with E-state index in [0.29, 0.717) is 0 Å². The Labute approximate surface area is 271 Å². The summed E-state index contributed by atoms with van der Waals surface area (Å²) < 4.78 is 0. The van der Waals surface area contributed by atoms with Crippen molar-refractivity contribution in [2.75, 3.05) is 0 Å². The number of fused-ring (bicyclic) bond motifs is 4. The molecule has 0 bridgehead atoms. The van der Waals surface area contributed by atoms with Crippen LogP contribution in [0.25, 0.3) is 44.2 Å². The van der Waals surface area contributed by atoms with Crippen LogP contribution < -0.4 is 10.4 Å². The van der Waals surface area contributed by atoms with Gasteiger partial charge in [0.25, 0.3) is 0 Å². The van der Waals surface area contributed by atoms with Crippen LogP contribution in [-0.2, 0) is 27.3 Å². The molecule has 206 valence electrons. The van der Waals surface area contributed by atoms with Gasteiger partial charge in [-0.05, 0) is 37.0 Å². The Hall–Kier alpha value is -2.61. The Morgan fingerprint density at radius 3 is 2.17 bits per heavy atom. The molecule has 42 heavy (non-hydrogen) atoms. The van der Waals surface area contributed by atoms with Gasteiger partial charge >= 0.3 is 37.9 Å². The van der Waals surface area contributed by atoms with E-state index in [0.717, 1.165) is 15.9 Å². The topological polar surface area (TPSA) is 0 Å². The first-order chi connectivity index (χ1) is 20.5. The van der Waals surface area contributed by atoms with Crippen LogP contribution in [0.5, 0.6) is 0 Å². The van der Waals surface area contributed by atoms with Crippen LogP contribution in [0.1, 0.15) is 30.0 Å². The second-order valence-corrected chi connectivity index (χ2v) is 15.6. The van der Waals surface area contributed by atoms with Crippen molar-refractivity contribution in [3.63, 3.8) is 0 Å². The molecule has 7 rings (SSSR count). The van der Waals surface area contributed by atoms with Crippen LogP contribution in [0.3, 0.4) is 0 Å². The van der Waals surface area contributed by atoms with Crippen molar-refractivity contribution in [2.24, 2.45) is 0 Å². The number of aryl methyl sites for hydroxylation is 3. The molecule has 0 nitrogen and oxygen atoms in total. The molecule has 0 unspecified atom stereocenters. The second-order valence-electron chi connectivity index (χ2n) is 10.5. The largest absolute Gasteiger partial charge is 0.184 e. The summed E-state index contributed by atoms with van der Waals surface area (Å²) in [5.74, 6) is 0. The van der Waals surface area contributed by atoms with Gasteiger partial charge in [-0.3, -0.25) is 0 Å². The van der Waals surface area contributed by atoms with Crippen molar-refractivity contribution in [3.8, 4) is 33.4 Å². The number of rotatable bonds is 4. The third-order valence-corrected chi connectivity index (χ3v) is 8.79. The maximum Gasteiger partial charge on any atom is 0.0920 e. The molecule has 0 saturated carbocycles. The summed E-state index contributed by atoms with van der Waals surface area (Å²) in [5.41, 5.74) is 12.1. The van der Waals surface area contributed by atoms with Gasteiger partial charge in [0.1, 0.15) is 0 Å². The minimum absolute atomic E-state index is 0.795. The van der Waals surface area contributed by atoms with Crippen LogP contribution in [0.15, 0.2) is 115 Å². The average molecular weight is 679 g/mol. The number of hydrogen-bond acceptors (Lipinski definition) is 0. The van der Waals surface area contributed by atoms with Gasteiger partial charge in [0.2, 0.25) is 0 Å². The smallest absolute Gasteiger partial charge is 0.0920 e. The van der Waals surface area contributed by atoms with E-state index in [1.807, 2.05) is 6.07 Å². The van der Waals surface area contributed by atoms with Crippen LogP contribution in [0, 0.1) is 19.9 Å². The van der Waals surface area contributed by atoms with Crippen LogP contribution in [0.4, 0.5) is 0 Å². The standard InChI is InChI=1S/C26H25.C12H7Si.2ClH.Zr/c1-4-8-20-16-22-11-12-24(21-9-6-5-7-10-21)26(25(22)17-20)23-14-18(2)13-19(3)15-23;1-3-7-11-9(5-1)10-6-2-4-8-12(10)13-11;;;/h5-7,9-17H,4,8H2,1-3H3;1-7H;2*1H;/q2*-1;;;+4/p-2. The van der Waals surface area contributed by atoms with Crippen molar-refractivity contribution < 1.29 is 20.8 Å². The van der Waals surface area contributed by atoms with E-state index in [4.69, 9.17) is 17.0 Å². The summed E-state index contributed by atoms with van der Waals surface area (Å²) in [5, 5.41) is 5.55. The Morgan fingerprint density at radius 1 is 0.738 bits per heavy atom. The minimum Gasteiger partial charge on any atom is -0.184 e. The van der Waals surface area contributed by atoms with Crippen molar-refractivity contribution in [2.45, 2.75) is 33.6 Å². The zero-order chi connectivity index (χ0) is 29.5. The summed E-state index contributed by atoms with van der Waals surface area (Å²) >= 11 is -0.826. The molecule has 0 aromatic heterocycles. The van der Waals surface area contributed by atoms with Crippen molar-refractivity contribution in [1.82, 2.24) is 0 Å². The Morgan fingerprint density at radius 2 is 1.43 bits per heavy atom. The van der Waals surface area contributed by atoms with Crippen LogP contribution in [-0.4, -0.2) is 9.52 Å². The van der Waals surface area contributed by atoms with Gasteiger partial charge in [-0.2, -0.15) is 35.5 Å². The molecule has 0 atom stereocenters. The first-order valence-electron chi connectivity index (χ1n) is 14.2. The molecule has 1 aliphatic heterocycles. The van der Waals surface area contributed by atoms with Crippen molar-refractivity contribution >= 4 is 47.7 Å². The molecule has 0 aliphatic carbocycles. The van der Waals surface area contributed by atoms with Crippen molar-refractivity contribution in [1.29, 1.82) is 0 Å². The predicted octanol–water partition coefficient (Wildman–Crippen LogP) is 9.96. The second kappa shape index (κ2) is 14.7. The predicted molar refractivity (Wildman–Crippen MR) is 181 cm³/mol. The fraction of sp³-hybridized carbons (Fsp3) is 0.132. The molecule has 2 radical (unpaired) electrons. The molecule has 6 aromatic carbocycles. The van der Waals surface area contributed by atoms with Crippen molar-refractivity contribution in [3.05, 3.63) is 138 Å². The molecular formula is C38H32Cl2SiZr. The molecule has 6 aromatic rings. The molecule has 0 saturated heterocycles. The van der Waals surface area contributed by atoms with Gasteiger partial charge in [-0.15, -0.1) is 34.0 Å². The fourth-order valence-electron chi connectivity index (χ4n) is 5.79. The first kappa shape index (κ1) is 30.8. The number of halogens is 2. The third kappa shape index (κ3) is 7.12. The van der Waals surface area contributed by atoms with E-state index >= 15 is 0 Å². The maximum absolute atomic E-state index is 4.93. The molecule has 0 N–H and O–H groups in total. The first-order valence-corrected chi connectivity index (χ1v) is 21.5. The van der Waals surface area contributed by atoms with E-state index in [9.17, 15) is 0 Å². The van der Waals surface area contributed by atoms with Gasteiger partial charge < -0.3 is 0 Å². The summed E-state index contributed by atoms with van der Waals surface area (Å²) in [7, 11) is 10.7. The van der Waals surface area contributed by atoms with E-state index in [-0.39, 0.29) is 0 Å². The Kier molecular flexibility index (Phi) is 10.8. The fourth-order valence-corrected chi connectivity index (χ4v) is 7.10. The minimum atomic E-state index is -0.826. The monoisotopic (exact) mass is 676 g/mol.